The summed E-state index contributed by atoms with van der Waals surface area (Å²) in [6.45, 7) is -0.0508. The van der Waals surface area contributed by atoms with Crippen molar-refractivity contribution in [2.45, 2.75) is 12.3 Å². The molecule has 0 unspecified atom stereocenters. The van der Waals surface area contributed by atoms with E-state index in [9.17, 15) is 8.78 Å². The molecule has 0 spiro atoms. The van der Waals surface area contributed by atoms with Crippen LogP contribution in [0.1, 0.15) is 12.1 Å². The van der Waals surface area contributed by atoms with Crippen molar-refractivity contribution in [2.75, 3.05) is 6.54 Å². The zero-order chi connectivity index (χ0) is 9.90. The molecule has 0 fully saturated rings. The maximum atomic E-state index is 13.1. The average molecular weight is 251 g/mol. The van der Waals surface area contributed by atoms with Crippen LogP contribution in [0.4, 0.5) is 8.78 Å². The Morgan fingerprint density at radius 1 is 1.46 bits per heavy atom. The Labute approximate surface area is 83.3 Å². The summed E-state index contributed by atoms with van der Waals surface area (Å²) in [6, 6.07) is 2.83. The quantitative estimate of drug-likeness (QED) is 0.895. The van der Waals surface area contributed by atoms with Crippen molar-refractivity contribution in [2.24, 2.45) is 5.73 Å². The van der Waals surface area contributed by atoms with E-state index in [1.54, 1.807) is 0 Å². The highest BCUT2D eigenvalue weighted by atomic mass is 79.9. The first kappa shape index (κ1) is 10.5. The van der Waals surface area contributed by atoms with Gasteiger partial charge in [-0.05, 0) is 34.6 Å². The monoisotopic (exact) mass is 250 g/mol. The van der Waals surface area contributed by atoms with Crippen LogP contribution in [-0.2, 0) is 5.92 Å². The van der Waals surface area contributed by atoms with Gasteiger partial charge in [0, 0.05) is 17.1 Å². The summed E-state index contributed by atoms with van der Waals surface area (Å²) in [4.78, 5) is 3.62. The average Bonchev–Trinajstić information content (AvgIpc) is 2.05. The van der Waals surface area contributed by atoms with E-state index in [4.69, 9.17) is 5.73 Å². The van der Waals surface area contributed by atoms with E-state index >= 15 is 0 Å². The second-order valence-corrected chi connectivity index (χ2v) is 3.52. The van der Waals surface area contributed by atoms with Gasteiger partial charge >= 0.3 is 0 Å². The topological polar surface area (TPSA) is 38.9 Å². The lowest BCUT2D eigenvalue weighted by molar-refractivity contribution is -0.0151. The fraction of sp³-hybridized carbons (Fsp3) is 0.375. The summed E-state index contributed by atoms with van der Waals surface area (Å²) < 4.78 is 26.9. The Hall–Kier alpha value is -0.550. The first-order valence-electron chi connectivity index (χ1n) is 3.76. The van der Waals surface area contributed by atoms with Crippen LogP contribution >= 0.6 is 15.9 Å². The maximum absolute atomic E-state index is 13.1. The van der Waals surface area contributed by atoms with Crippen LogP contribution in [0.3, 0.4) is 0 Å². The second-order valence-electron chi connectivity index (χ2n) is 2.60. The largest absolute Gasteiger partial charge is 0.330 e. The molecule has 0 aromatic carbocycles. The molecule has 1 aromatic rings. The molecule has 0 atom stereocenters. The van der Waals surface area contributed by atoms with Crippen molar-refractivity contribution in [1.29, 1.82) is 0 Å². The highest BCUT2D eigenvalue weighted by Crippen LogP contribution is 2.29. The predicted molar refractivity (Wildman–Crippen MR) is 49.5 cm³/mol. The van der Waals surface area contributed by atoms with Gasteiger partial charge in [-0.3, -0.25) is 4.98 Å². The SMILES string of the molecule is NCCC(F)(F)c1ccc(Br)cn1. The highest BCUT2D eigenvalue weighted by Gasteiger charge is 2.31. The van der Waals surface area contributed by atoms with Crippen molar-refractivity contribution in [3.05, 3.63) is 28.5 Å². The molecule has 0 bridgehead atoms. The van der Waals surface area contributed by atoms with E-state index in [0.29, 0.717) is 4.47 Å². The van der Waals surface area contributed by atoms with Crippen LogP contribution in [0.2, 0.25) is 0 Å². The van der Waals surface area contributed by atoms with Crippen molar-refractivity contribution in [1.82, 2.24) is 4.98 Å². The summed E-state index contributed by atoms with van der Waals surface area (Å²) in [5.41, 5.74) is 4.83. The molecular formula is C8H9BrF2N2. The minimum absolute atomic E-state index is 0.0508. The lowest BCUT2D eigenvalue weighted by Gasteiger charge is -2.13. The summed E-state index contributed by atoms with van der Waals surface area (Å²) in [6.07, 6.45) is 0.974. The number of halogens is 3. The number of rotatable bonds is 3. The van der Waals surface area contributed by atoms with Crippen molar-refractivity contribution >= 4 is 15.9 Å². The molecule has 1 heterocycles. The molecule has 2 N–H and O–H groups in total. The van der Waals surface area contributed by atoms with E-state index in [0.717, 1.165) is 0 Å². The molecule has 0 radical (unpaired) electrons. The molecule has 2 nitrogen and oxygen atoms in total. The summed E-state index contributed by atoms with van der Waals surface area (Å²) >= 11 is 3.12. The van der Waals surface area contributed by atoms with E-state index in [-0.39, 0.29) is 18.7 Å². The molecule has 0 aliphatic carbocycles. The first-order chi connectivity index (χ1) is 6.06. The van der Waals surface area contributed by atoms with Crippen LogP contribution in [0.25, 0.3) is 0 Å². The maximum Gasteiger partial charge on any atom is 0.290 e. The number of pyridine rings is 1. The minimum atomic E-state index is -2.92. The molecule has 0 amide bonds. The Bertz CT molecular complexity index is 274. The summed E-state index contributed by atoms with van der Waals surface area (Å²) in [7, 11) is 0. The minimum Gasteiger partial charge on any atom is -0.330 e. The van der Waals surface area contributed by atoms with Gasteiger partial charge in [-0.1, -0.05) is 0 Å². The number of hydrogen-bond donors (Lipinski definition) is 1. The van der Waals surface area contributed by atoms with Crippen LogP contribution < -0.4 is 5.73 Å². The third kappa shape index (κ3) is 2.70. The number of nitrogens with two attached hydrogens (primary N) is 1. The van der Waals surface area contributed by atoms with Crippen LogP contribution in [0.5, 0.6) is 0 Å². The van der Waals surface area contributed by atoms with Crippen molar-refractivity contribution < 1.29 is 8.78 Å². The van der Waals surface area contributed by atoms with E-state index < -0.39 is 5.92 Å². The molecule has 13 heavy (non-hydrogen) atoms. The highest BCUT2D eigenvalue weighted by molar-refractivity contribution is 9.10. The van der Waals surface area contributed by atoms with Gasteiger partial charge < -0.3 is 5.73 Å². The number of hydrogen-bond acceptors (Lipinski definition) is 2. The number of alkyl halides is 2. The summed E-state index contributed by atoms with van der Waals surface area (Å²) in [5, 5.41) is 0. The zero-order valence-corrected chi connectivity index (χ0v) is 8.39. The Balaban J connectivity index is 2.87. The molecular weight excluding hydrogens is 242 g/mol. The van der Waals surface area contributed by atoms with Gasteiger partial charge in [-0.2, -0.15) is 8.78 Å². The van der Waals surface area contributed by atoms with Crippen LogP contribution in [-0.4, -0.2) is 11.5 Å². The number of aromatic nitrogens is 1. The van der Waals surface area contributed by atoms with E-state index in [2.05, 4.69) is 20.9 Å². The van der Waals surface area contributed by atoms with Gasteiger partial charge in [0.2, 0.25) is 0 Å². The molecule has 0 aliphatic heterocycles. The Morgan fingerprint density at radius 2 is 2.15 bits per heavy atom. The zero-order valence-electron chi connectivity index (χ0n) is 6.80. The summed E-state index contributed by atoms with van der Waals surface area (Å²) in [5.74, 6) is -2.92. The number of nitrogens with zero attached hydrogens (tertiary/aromatic N) is 1. The first-order valence-corrected chi connectivity index (χ1v) is 4.55. The second kappa shape index (κ2) is 4.11. The van der Waals surface area contributed by atoms with Gasteiger partial charge in [0.1, 0.15) is 5.69 Å². The lowest BCUT2D eigenvalue weighted by Crippen LogP contribution is -2.19. The molecule has 5 heteroatoms. The Kier molecular flexibility index (Phi) is 3.33. The molecule has 0 saturated carbocycles. The standard InChI is InChI=1S/C8H9BrF2N2/c9-6-1-2-7(13-5-6)8(10,11)3-4-12/h1-2,5H,3-4,12H2. The predicted octanol–water partition coefficient (Wildman–Crippen LogP) is 2.28. The third-order valence-corrected chi connectivity index (χ3v) is 2.03. The van der Waals surface area contributed by atoms with Gasteiger partial charge in [-0.15, -0.1) is 0 Å². The van der Waals surface area contributed by atoms with Crippen molar-refractivity contribution in [3.8, 4) is 0 Å². The molecule has 1 aromatic heterocycles. The fourth-order valence-electron chi connectivity index (χ4n) is 0.902. The van der Waals surface area contributed by atoms with Gasteiger partial charge in [0.15, 0.2) is 0 Å². The third-order valence-electron chi connectivity index (χ3n) is 1.56. The lowest BCUT2D eigenvalue weighted by atomic mass is 10.1. The van der Waals surface area contributed by atoms with Gasteiger partial charge in [-0.25, -0.2) is 0 Å². The van der Waals surface area contributed by atoms with Crippen LogP contribution in [0, 0.1) is 0 Å². The van der Waals surface area contributed by atoms with Crippen LogP contribution in [0.15, 0.2) is 22.8 Å². The van der Waals surface area contributed by atoms with Gasteiger partial charge in [0.05, 0.1) is 0 Å². The molecule has 1 rings (SSSR count). The van der Waals surface area contributed by atoms with E-state index in [1.807, 2.05) is 0 Å². The Morgan fingerprint density at radius 3 is 2.62 bits per heavy atom. The molecule has 72 valence electrons. The smallest absolute Gasteiger partial charge is 0.290 e. The van der Waals surface area contributed by atoms with E-state index in [1.165, 1.54) is 18.3 Å². The van der Waals surface area contributed by atoms with Crippen molar-refractivity contribution in [3.63, 3.8) is 0 Å². The normalized spacial score (nSPS) is 11.7. The fourth-order valence-corrected chi connectivity index (χ4v) is 1.14. The molecule has 0 aliphatic rings. The molecule has 0 saturated heterocycles. The van der Waals surface area contributed by atoms with Gasteiger partial charge in [0.25, 0.3) is 5.92 Å².